The molecule has 2 heterocycles. The number of aromatic nitrogens is 2. The van der Waals surface area contributed by atoms with E-state index >= 15 is 0 Å². The summed E-state index contributed by atoms with van der Waals surface area (Å²) in [5, 5.41) is 8.06. The van der Waals surface area contributed by atoms with Crippen molar-refractivity contribution in [1.29, 1.82) is 0 Å². The van der Waals surface area contributed by atoms with Crippen molar-refractivity contribution >= 4 is 0 Å². The quantitative estimate of drug-likeness (QED) is 0.832. The summed E-state index contributed by atoms with van der Waals surface area (Å²) < 4.78 is 13.6. The first-order chi connectivity index (χ1) is 9.77. The van der Waals surface area contributed by atoms with Gasteiger partial charge in [0.05, 0.1) is 17.3 Å². The minimum Gasteiger partial charge on any atom is -0.381 e. The molecule has 1 aliphatic heterocycles. The fraction of sp³-hybridized carbons (Fsp3) is 0.800. The molecule has 0 amide bonds. The van der Waals surface area contributed by atoms with Crippen molar-refractivity contribution in [2.45, 2.75) is 51.3 Å². The van der Waals surface area contributed by atoms with Crippen LogP contribution in [-0.2, 0) is 16.0 Å². The number of nitrogens with one attached hydrogen (secondary N) is 1. The molecule has 1 saturated heterocycles. The number of hydrogen-bond acceptors (Lipinski definition) is 4. The molecule has 0 bridgehead atoms. The number of methoxy groups -OCH3 is 1. The zero-order valence-electron chi connectivity index (χ0n) is 12.9. The molecule has 0 aliphatic carbocycles. The Balaban J connectivity index is 2.30. The van der Waals surface area contributed by atoms with E-state index in [1.165, 1.54) is 5.69 Å². The second kappa shape index (κ2) is 7.20. The van der Waals surface area contributed by atoms with Gasteiger partial charge in [-0.1, -0.05) is 13.8 Å². The third kappa shape index (κ3) is 3.05. The van der Waals surface area contributed by atoms with E-state index in [0.717, 1.165) is 45.6 Å². The van der Waals surface area contributed by atoms with Crippen molar-refractivity contribution in [3.05, 3.63) is 18.0 Å². The molecule has 2 rings (SSSR count). The Hall–Kier alpha value is -0.910. The third-order valence-corrected chi connectivity index (χ3v) is 4.16. The molecule has 1 aromatic heterocycles. The van der Waals surface area contributed by atoms with Crippen LogP contribution in [0.2, 0.25) is 0 Å². The van der Waals surface area contributed by atoms with Crippen LogP contribution < -0.4 is 5.32 Å². The maximum atomic E-state index is 5.97. The molecule has 5 heteroatoms. The summed E-state index contributed by atoms with van der Waals surface area (Å²) in [5.41, 5.74) is 1.03. The summed E-state index contributed by atoms with van der Waals surface area (Å²) >= 11 is 0. The van der Waals surface area contributed by atoms with Crippen LogP contribution in [0.1, 0.15) is 44.8 Å². The monoisotopic (exact) mass is 281 g/mol. The Kier molecular flexibility index (Phi) is 5.57. The van der Waals surface area contributed by atoms with E-state index in [0.29, 0.717) is 0 Å². The highest BCUT2D eigenvalue weighted by molar-refractivity contribution is 5.14. The summed E-state index contributed by atoms with van der Waals surface area (Å²) in [7, 11) is 1.82. The van der Waals surface area contributed by atoms with Gasteiger partial charge in [-0.2, -0.15) is 5.10 Å². The van der Waals surface area contributed by atoms with Crippen molar-refractivity contribution < 1.29 is 9.47 Å². The number of aryl methyl sites for hydroxylation is 1. The van der Waals surface area contributed by atoms with Crippen LogP contribution in [0.15, 0.2) is 12.3 Å². The predicted molar refractivity (Wildman–Crippen MR) is 78.7 cm³/mol. The summed E-state index contributed by atoms with van der Waals surface area (Å²) in [6.07, 6.45) is 4.80. The molecule has 1 aromatic rings. The minimum absolute atomic E-state index is 0.162. The lowest BCUT2D eigenvalue weighted by molar-refractivity contribution is -0.112. The van der Waals surface area contributed by atoms with Crippen LogP contribution >= 0.6 is 0 Å². The normalized spacial score (nSPS) is 19.9. The first-order valence-corrected chi connectivity index (χ1v) is 7.65. The molecule has 0 saturated carbocycles. The molecule has 114 valence electrons. The van der Waals surface area contributed by atoms with Crippen LogP contribution in [0.5, 0.6) is 0 Å². The van der Waals surface area contributed by atoms with Gasteiger partial charge in [0.1, 0.15) is 0 Å². The van der Waals surface area contributed by atoms with Crippen molar-refractivity contribution in [2.24, 2.45) is 0 Å². The van der Waals surface area contributed by atoms with Crippen LogP contribution in [0.4, 0.5) is 0 Å². The zero-order valence-corrected chi connectivity index (χ0v) is 12.9. The maximum absolute atomic E-state index is 5.97. The van der Waals surface area contributed by atoms with Crippen LogP contribution in [0.25, 0.3) is 0 Å². The average Bonchev–Trinajstić information content (AvgIpc) is 2.94. The molecule has 0 radical (unpaired) electrons. The third-order valence-electron chi connectivity index (χ3n) is 4.16. The predicted octanol–water partition coefficient (Wildman–Crippen LogP) is 2.14. The molecular weight excluding hydrogens is 254 g/mol. The Bertz CT molecular complexity index is 400. The van der Waals surface area contributed by atoms with E-state index < -0.39 is 0 Å². The second-order valence-corrected chi connectivity index (χ2v) is 5.35. The van der Waals surface area contributed by atoms with Gasteiger partial charge in [0.25, 0.3) is 0 Å². The Morgan fingerprint density at radius 3 is 2.80 bits per heavy atom. The molecule has 1 fully saturated rings. The topological polar surface area (TPSA) is 48.3 Å². The van der Waals surface area contributed by atoms with Gasteiger partial charge in [0.15, 0.2) is 0 Å². The molecule has 1 unspecified atom stereocenters. The second-order valence-electron chi connectivity index (χ2n) is 5.35. The molecule has 1 aliphatic rings. The van der Waals surface area contributed by atoms with Crippen molar-refractivity contribution in [1.82, 2.24) is 15.1 Å². The molecule has 1 N–H and O–H groups in total. The van der Waals surface area contributed by atoms with Gasteiger partial charge < -0.3 is 14.8 Å². The van der Waals surface area contributed by atoms with Gasteiger partial charge in [-0.25, -0.2) is 0 Å². The number of rotatable bonds is 7. The first-order valence-electron chi connectivity index (χ1n) is 7.65. The standard InChI is InChI=1S/C15H27N3O2/c1-4-10-18-13(6-9-17-18)14(16-5-2)15(19-3)7-11-20-12-8-15/h6,9,14,16H,4-5,7-8,10-12H2,1-3H3. The maximum Gasteiger partial charge on any atom is 0.0931 e. The highest BCUT2D eigenvalue weighted by Gasteiger charge is 2.42. The SMILES string of the molecule is CCCn1nccc1C(NCC)C1(OC)CCOCC1. The van der Waals surface area contributed by atoms with Crippen molar-refractivity contribution in [2.75, 3.05) is 26.9 Å². The Morgan fingerprint density at radius 2 is 2.20 bits per heavy atom. The van der Waals surface area contributed by atoms with Gasteiger partial charge in [-0.05, 0) is 19.0 Å². The fourth-order valence-electron chi connectivity index (χ4n) is 3.08. The molecule has 5 nitrogen and oxygen atoms in total. The molecule has 20 heavy (non-hydrogen) atoms. The van der Waals surface area contributed by atoms with E-state index in [-0.39, 0.29) is 11.6 Å². The van der Waals surface area contributed by atoms with E-state index in [1.54, 1.807) is 0 Å². The summed E-state index contributed by atoms with van der Waals surface area (Å²) in [6, 6.07) is 2.27. The smallest absolute Gasteiger partial charge is 0.0931 e. The van der Waals surface area contributed by atoms with Crippen molar-refractivity contribution in [3.63, 3.8) is 0 Å². The van der Waals surface area contributed by atoms with Crippen LogP contribution in [0, 0.1) is 0 Å². The fourth-order valence-corrected chi connectivity index (χ4v) is 3.08. The lowest BCUT2D eigenvalue weighted by Gasteiger charge is -2.42. The van der Waals surface area contributed by atoms with Gasteiger partial charge in [-0.3, -0.25) is 4.68 Å². The van der Waals surface area contributed by atoms with Crippen LogP contribution in [0.3, 0.4) is 0 Å². The van der Waals surface area contributed by atoms with Gasteiger partial charge in [0.2, 0.25) is 0 Å². The summed E-state index contributed by atoms with van der Waals surface area (Å²) in [5.74, 6) is 0. The van der Waals surface area contributed by atoms with E-state index in [9.17, 15) is 0 Å². The van der Waals surface area contributed by atoms with Crippen LogP contribution in [-0.4, -0.2) is 42.2 Å². The molecular formula is C15H27N3O2. The minimum atomic E-state index is -0.195. The molecule has 1 atom stereocenters. The molecule has 0 spiro atoms. The zero-order chi connectivity index (χ0) is 14.4. The first kappa shape index (κ1) is 15.5. The highest BCUT2D eigenvalue weighted by atomic mass is 16.5. The van der Waals surface area contributed by atoms with Gasteiger partial charge in [0, 0.05) is 45.9 Å². The van der Waals surface area contributed by atoms with Crippen molar-refractivity contribution in [3.8, 4) is 0 Å². The largest absolute Gasteiger partial charge is 0.381 e. The van der Waals surface area contributed by atoms with Gasteiger partial charge >= 0.3 is 0 Å². The van der Waals surface area contributed by atoms with E-state index in [4.69, 9.17) is 9.47 Å². The summed E-state index contributed by atoms with van der Waals surface area (Å²) in [4.78, 5) is 0. The number of nitrogens with zero attached hydrogens (tertiary/aromatic N) is 2. The average molecular weight is 281 g/mol. The lowest BCUT2D eigenvalue weighted by Crippen LogP contribution is -2.50. The number of likely N-dealkylation sites (N-methyl/N-ethyl adjacent to an activating group) is 1. The Labute approximate surface area is 121 Å². The lowest BCUT2D eigenvalue weighted by atomic mass is 9.84. The number of hydrogen-bond donors (Lipinski definition) is 1. The Morgan fingerprint density at radius 1 is 1.45 bits per heavy atom. The number of ether oxygens (including phenoxy) is 2. The van der Waals surface area contributed by atoms with Gasteiger partial charge in [-0.15, -0.1) is 0 Å². The van der Waals surface area contributed by atoms with E-state index in [2.05, 4.69) is 35.0 Å². The molecule has 0 aromatic carbocycles. The van der Waals surface area contributed by atoms with E-state index in [1.807, 2.05) is 13.3 Å². The highest BCUT2D eigenvalue weighted by Crippen LogP contribution is 2.37. The summed E-state index contributed by atoms with van der Waals surface area (Å²) in [6.45, 7) is 7.69.